The van der Waals surface area contributed by atoms with Gasteiger partial charge in [-0.15, -0.1) is 0 Å². The number of hydrogen-bond acceptors (Lipinski definition) is 5. The summed E-state index contributed by atoms with van der Waals surface area (Å²) in [5.74, 6) is -0.381. The molecule has 0 radical (unpaired) electrons. The number of nitrogens with zero attached hydrogens (tertiary/aromatic N) is 1. The van der Waals surface area contributed by atoms with E-state index in [9.17, 15) is 9.59 Å². The summed E-state index contributed by atoms with van der Waals surface area (Å²) in [6, 6.07) is -0.662. The molecule has 0 aliphatic carbocycles. The van der Waals surface area contributed by atoms with Crippen LogP contribution in [0, 0.1) is 0 Å². The van der Waals surface area contributed by atoms with Crippen molar-refractivity contribution in [3.8, 4) is 0 Å². The summed E-state index contributed by atoms with van der Waals surface area (Å²) in [6.07, 6.45) is 18.6. The molecule has 37 heavy (non-hydrogen) atoms. The molecule has 7 N–H and O–H groups in total. The Morgan fingerprint density at radius 1 is 0.649 bits per heavy atom. The van der Waals surface area contributed by atoms with Crippen LogP contribution in [-0.4, -0.2) is 68.7 Å². The van der Waals surface area contributed by atoms with E-state index < -0.39 is 6.04 Å². The minimum atomic E-state index is -0.515. The fraction of sp³-hybridized carbons (Fsp3) is 0.931. The zero-order valence-electron chi connectivity index (χ0n) is 24.5. The molecule has 0 saturated carbocycles. The van der Waals surface area contributed by atoms with Gasteiger partial charge in [-0.2, -0.15) is 0 Å². The number of amides is 3. The summed E-state index contributed by atoms with van der Waals surface area (Å²) >= 11 is 0. The Labute approximate surface area is 228 Å². The monoisotopic (exact) mass is 526 g/mol. The van der Waals surface area contributed by atoms with Crippen LogP contribution >= 0.6 is 0 Å². The molecule has 0 aliphatic heterocycles. The van der Waals surface area contributed by atoms with Crippen LogP contribution in [0.2, 0.25) is 0 Å². The molecule has 0 aromatic rings. The summed E-state index contributed by atoms with van der Waals surface area (Å²) in [4.78, 5) is 27.1. The lowest BCUT2D eigenvalue weighted by Crippen LogP contribution is -2.52. The van der Waals surface area contributed by atoms with Crippen LogP contribution in [0.25, 0.3) is 0 Å². The van der Waals surface area contributed by atoms with Crippen molar-refractivity contribution < 1.29 is 9.59 Å². The Kier molecular flexibility index (Phi) is 26.6. The molecule has 3 amide bonds. The lowest BCUT2D eigenvalue weighted by atomic mass is 10.0. The van der Waals surface area contributed by atoms with Gasteiger partial charge in [-0.25, -0.2) is 4.79 Å². The second-order valence-corrected chi connectivity index (χ2v) is 10.4. The predicted molar refractivity (Wildman–Crippen MR) is 158 cm³/mol. The smallest absolute Gasteiger partial charge is 0.318 e. The molecule has 0 heterocycles. The van der Waals surface area contributed by atoms with Gasteiger partial charge < -0.3 is 32.3 Å². The largest absolute Gasteiger partial charge is 0.368 e. The lowest BCUT2D eigenvalue weighted by molar-refractivity contribution is -0.122. The molecule has 8 nitrogen and oxygen atoms in total. The predicted octanol–water partition coefficient (Wildman–Crippen LogP) is 4.66. The van der Waals surface area contributed by atoms with Crippen molar-refractivity contribution in [3.63, 3.8) is 0 Å². The van der Waals surface area contributed by atoms with Crippen LogP contribution in [0.3, 0.4) is 0 Å². The van der Waals surface area contributed by atoms with Gasteiger partial charge in [0.1, 0.15) is 6.04 Å². The lowest BCUT2D eigenvalue weighted by Gasteiger charge is -2.30. The van der Waals surface area contributed by atoms with Gasteiger partial charge in [-0.05, 0) is 71.2 Å². The summed E-state index contributed by atoms with van der Waals surface area (Å²) in [6.45, 7) is 10.2. The van der Waals surface area contributed by atoms with Gasteiger partial charge >= 0.3 is 6.03 Å². The minimum absolute atomic E-state index is 0.146. The van der Waals surface area contributed by atoms with Crippen molar-refractivity contribution in [2.24, 2.45) is 11.5 Å². The molecule has 8 heteroatoms. The number of unbranched alkanes of at least 4 members (excludes halogenated alkanes) is 11. The van der Waals surface area contributed by atoms with Gasteiger partial charge in [0.25, 0.3) is 0 Å². The maximum Gasteiger partial charge on any atom is 0.318 e. The first-order chi connectivity index (χ1) is 18.1. The zero-order valence-corrected chi connectivity index (χ0v) is 24.5. The van der Waals surface area contributed by atoms with E-state index in [-0.39, 0.29) is 11.9 Å². The van der Waals surface area contributed by atoms with Crippen molar-refractivity contribution in [1.82, 2.24) is 20.9 Å². The highest BCUT2D eigenvalue weighted by atomic mass is 16.2. The molecule has 220 valence electrons. The molecule has 0 saturated heterocycles. The number of carbonyl (C=O) groups is 2. The molecular weight excluding hydrogens is 464 g/mol. The second kappa shape index (κ2) is 27.6. The summed E-state index contributed by atoms with van der Waals surface area (Å²) in [5, 5.41) is 9.89. The molecule has 0 aliphatic rings. The van der Waals surface area contributed by atoms with E-state index in [1.54, 1.807) is 4.90 Å². The molecule has 0 fully saturated rings. The van der Waals surface area contributed by atoms with Crippen molar-refractivity contribution in [2.75, 3.05) is 45.8 Å². The van der Waals surface area contributed by atoms with Gasteiger partial charge in [0.05, 0.1) is 0 Å². The number of hydrogen-bond donors (Lipinski definition) is 5. The number of rotatable bonds is 28. The molecular formula is C29H62N6O2. The molecule has 1 unspecified atom stereocenters. The summed E-state index contributed by atoms with van der Waals surface area (Å²) in [7, 11) is 0. The van der Waals surface area contributed by atoms with E-state index >= 15 is 0 Å². The topological polar surface area (TPSA) is 126 Å². The van der Waals surface area contributed by atoms with Crippen LogP contribution in [0.5, 0.6) is 0 Å². The Morgan fingerprint density at radius 2 is 1.16 bits per heavy atom. The first kappa shape index (κ1) is 35.6. The number of nitrogens with two attached hydrogens (primary N) is 2. The third kappa shape index (κ3) is 22.3. The molecule has 0 bridgehead atoms. The Morgan fingerprint density at radius 3 is 1.73 bits per heavy atom. The van der Waals surface area contributed by atoms with E-state index in [2.05, 4.69) is 29.8 Å². The number of carbonyl (C=O) groups excluding carboxylic acids is 2. The molecule has 0 aromatic carbocycles. The van der Waals surface area contributed by atoms with Gasteiger partial charge in [0, 0.05) is 13.1 Å². The third-order valence-corrected chi connectivity index (χ3v) is 6.87. The van der Waals surface area contributed by atoms with Crippen LogP contribution in [0.4, 0.5) is 4.79 Å². The number of urea groups is 1. The number of primary amides is 1. The number of nitrogens with one attached hydrogen (secondary N) is 3. The van der Waals surface area contributed by atoms with Crippen LogP contribution in [0.15, 0.2) is 0 Å². The first-order valence-electron chi connectivity index (χ1n) is 15.5. The van der Waals surface area contributed by atoms with Crippen molar-refractivity contribution in [1.29, 1.82) is 0 Å². The van der Waals surface area contributed by atoms with E-state index in [1.807, 2.05) is 0 Å². The molecule has 0 rings (SSSR count). The van der Waals surface area contributed by atoms with Crippen LogP contribution in [0.1, 0.15) is 123 Å². The Hall–Kier alpha value is -1.38. The highest BCUT2D eigenvalue weighted by Crippen LogP contribution is 2.15. The average Bonchev–Trinajstić information content (AvgIpc) is 2.89. The summed E-state index contributed by atoms with van der Waals surface area (Å²) in [5.41, 5.74) is 11.3. The fourth-order valence-electron chi connectivity index (χ4n) is 4.52. The maximum absolute atomic E-state index is 13.1. The van der Waals surface area contributed by atoms with Gasteiger partial charge in [0.15, 0.2) is 0 Å². The Bertz CT molecular complexity index is 521. The van der Waals surface area contributed by atoms with E-state index in [1.165, 1.54) is 51.4 Å². The van der Waals surface area contributed by atoms with Crippen molar-refractivity contribution in [2.45, 2.75) is 129 Å². The highest BCUT2D eigenvalue weighted by molar-refractivity contribution is 5.85. The maximum atomic E-state index is 13.1. The zero-order chi connectivity index (χ0) is 27.4. The fourth-order valence-corrected chi connectivity index (χ4v) is 4.52. The van der Waals surface area contributed by atoms with Crippen molar-refractivity contribution >= 4 is 11.9 Å². The quantitative estimate of drug-likeness (QED) is 0.0948. The minimum Gasteiger partial charge on any atom is -0.368 e. The van der Waals surface area contributed by atoms with E-state index in [0.717, 1.165) is 84.1 Å². The van der Waals surface area contributed by atoms with Gasteiger partial charge in [-0.1, -0.05) is 84.5 Å². The van der Waals surface area contributed by atoms with Crippen LogP contribution < -0.4 is 27.4 Å². The van der Waals surface area contributed by atoms with Crippen molar-refractivity contribution in [3.05, 3.63) is 0 Å². The van der Waals surface area contributed by atoms with Crippen LogP contribution in [-0.2, 0) is 4.79 Å². The third-order valence-electron chi connectivity index (χ3n) is 6.87. The normalized spacial score (nSPS) is 12.0. The van der Waals surface area contributed by atoms with Gasteiger partial charge in [0.2, 0.25) is 5.91 Å². The van der Waals surface area contributed by atoms with E-state index in [0.29, 0.717) is 19.5 Å². The average molecular weight is 527 g/mol. The standard InChI is InChI=1S/C29H62N6O2/c1-3-5-7-9-11-13-19-27(28(31)36)35(26-16-12-10-8-6-4-2)29(37)34-25-18-24-33-22-15-14-21-32-23-17-20-30/h27,32-33H,3-26,30H2,1-2H3,(H2,31,36)(H,34,37). The molecule has 1 atom stereocenters. The van der Waals surface area contributed by atoms with Gasteiger partial charge in [-0.3, -0.25) is 4.79 Å². The molecule has 0 spiro atoms. The highest BCUT2D eigenvalue weighted by Gasteiger charge is 2.27. The summed E-state index contributed by atoms with van der Waals surface area (Å²) < 4.78 is 0. The first-order valence-corrected chi connectivity index (χ1v) is 15.5. The second-order valence-electron chi connectivity index (χ2n) is 10.4. The SMILES string of the molecule is CCCCCCCCC(C(N)=O)N(CCCCCCCC)C(=O)NCCCNCCCCNCCCN. The molecule has 0 aromatic heterocycles. The Balaban J connectivity index is 4.42. The van der Waals surface area contributed by atoms with E-state index in [4.69, 9.17) is 11.5 Å².